The molecule has 1 saturated heterocycles. The van der Waals surface area contributed by atoms with Crippen molar-refractivity contribution in [3.63, 3.8) is 0 Å². The molecule has 0 radical (unpaired) electrons. The van der Waals surface area contributed by atoms with Gasteiger partial charge in [-0.1, -0.05) is 0 Å². The Balaban J connectivity index is 1.85. The van der Waals surface area contributed by atoms with Crippen LogP contribution in [0.3, 0.4) is 0 Å². The molecule has 1 fully saturated rings. The molecule has 1 aliphatic rings. The Kier molecular flexibility index (Phi) is 5.21. The summed E-state index contributed by atoms with van der Waals surface area (Å²) in [5.74, 6) is 1.34. The van der Waals surface area contributed by atoms with Crippen molar-refractivity contribution in [2.45, 2.75) is 30.9 Å². The number of hydrogen-bond donors (Lipinski definition) is 1. The van der Waals surface area contributed by atoms with Gasteiger partial charge in [0, 0.05) is 18.2 Å². The number of rotatable bonds is 5. The molecular formula is C9H16N2S. The van der Waals surface area contributed by atoms with Gasteiger partial charge >= 0.3 is 0 Å². The van der Waals surface area contributed by atoms with Crippen molar-refractivity contribution >= 4 is 11.8 Å². The van der Waals surface area contributed by atoms with Crippen LogP contribution < -0.4 is 5.32 Å². The summed E-state index contributed by atoms with van der Waals surface area (Å²) >= 11 is 2.08. The van der Waals surface area contributed by atoms with E-state index in [2.05, 4.69) is 23.1 Å². The van der Waals surface area contributed by atoms with E-state index >= 15 is 0 Å². The molecule has 1 atom stereocenters. The summed E-state index contributed by atoms with van der Waals surface area (Å²) in [4.78, 5) is 0. The van der Waals surface area contributed by atoms with Crippen LogP contribution in [0.5, 0.6) is 0 Å². The minimum absolute atomic E-state index is 0.685. The first-order chi connectivity index (χ1) is 5.93. The summed E-state index contributed by atoms with van der Waals surface area (Å²) in [5.41, 5.74) is 0. The Bertz CT molecular complexity index is 147. The molecule has 68 valence electrons. The van der Waals surface area contributed by atoms with E-state index in [0.29, 0.717) is 6.42 Å². The summed E-state index contributed by atoms with van der Waals surface area (Å²) in [5, 5.41) is 12.5. The fourth-order valence-corrected chi connectivity index (χ4v) is 2.60. The van der Waals surface area contributed by atoms with Crippen molar-refractivity contribution in [1.29, 1.82) is 5.26 Å². The zero-order chi connectivity index (χ0) is 8.65. The molecule has 12 heavy (non-hydrogen) atoms. The van der Waals surface area contributed by atoms with Gasteiger partial charge in [0.05, 0.1) is 6.07 Å². The van der Waals surface area contributed by atoms with Gasteiger partial charge in [-0.15, -0.1) is 0 Å². The molecule has 0 aromatic heterocycles. The van der Waals surface area contributed by atoms with E-state index in [1.807, 2.05) is 0 Å². The predicted molar refractivity (Wildman–Crippen MR) is 53.2 cm³/mol. The van der Waals surface area contributed by atoms with Gasteiger partial charge < -0.3 is 5.32 Å². The van der Waals surface area contributed by atoms with Crippen LogP contribution in [0.4, 0.5) is 0 Å². The molecule has 0 spiro atoms. The highest BCUT2D eigenvalue weighted by atomic mass is 32.2. The highest BCUT2D eigenvalue weighted by Crippen LogP contribution is 2.25. The molecule has 0 amide bonds. The second kappa shape index (κ2) is 6.33. The van der Waals surface area contributed by atoms with Gasteiger partial charge in [-0.2, -0.15) is 17.0 Å². The highest BCUT2D eigenvalue weighted by Gasteiger charge is 2.13. The third-order valence-electron chi connectivity index (χ3n) is 2.04. The second-order valence-electron chi connectivity index (χ2n) is 3.10. The molecule has 3 heteroatoms. The maximum Gasteiger partial charge on any atom is 0.0622 e. The summed E-state index contributed by atoms with van der Waals surface area (Å²) in [6.07, 6.45) is 4.43. The van der Waals surface area contributed by atoms with Crippen molar-refractivity contribution in [3.8, 4) is 6.07 Å². The third-order valence-corrected chi connectivity index (χ3v) is 3.44. The maximum absolute atomic E-state index is 8.30. The van der Waals surface area contributed by atoms with Crippen LogP contribution in [0.2, 0.25) is 0 Å². The number of nitriles is 1. The molecule has 1 aliphatic heterocycles. The van der Waals surface area contributed by atoms with Crippen LogP contribution in [0.25, 0.3) is 0 Å². The maximum atomic E-state index is 8.30. The van der Waals surface area contributed by atoms with Gasteiger partial charge in [0.15, 0.2) is 0 Å². The topological polar surface area (TPSA) is 35.8 Å². The molecule has 1 rings (SSSR count). The van der Waals surface area contributed by atoms with Crippen LogP contribution in [-0.4, -0.2) is 24.1 Å². The van der Waals surface area contributed by atoms with Gasteiger partial charge in [-0.25, -0.2) is 0 Å². The van der Waals surface area contributed by atoms with Gasteiger partial charge in [0.25, 0.3) is 0 Å². The molecular weight excluding hydrogens is 168 g/mol. The van der Waals surface area contributed by atoms with Crippen LogP contribution in [-0.2, 0) is 0 Å². The van der Waals surface area contributed by atoms with Gasteiger partial charge in [-0.3, -0.25) is 0 Å². The number of thioether (sulfide) groups is 1. The lowest BCUT2D eigenvalue weighted by Gasteiger charge is -2.08. The molecule has 0 aliphatic carbocycles. The molecule has 1 heterocycles. The zero-order valence-electron chi connectivity index (χ0n) is 7.38. The summed E-state index contributed by atoms with van der Waals surface area (Å²) in [6.45, 7) is 2.14. The minimum atomic E-state index is 0.685. The first kappa shape index (κ1) is 9.88. The van der Waals surface area contributed by atoms with Crippen LogP contribution >= 0.6 is 11.8 Å². The third kappa shape index (κ3) is 3.99. The van der Waals surface area contributed by atoms with E-state index in [1.165, 1.54) is 18.6 Å². The van der Waals surface area contributed by atoms with Crippen molar-refractivity contribution in [3.05, 3.63) is 0 Å². The largest absolute Gasteiger partial charge is 0.316 e. The van der Waals surface area contributed by atoms with Gasteiger partial charge in [0.1, 0.15) is 0 Å². The van der Waals surface area contributed by atoms with E-state index in [0.717, 1.165) is 24.8 Å². The monoisotopic (exact) mass is 184 g/mol. The molecule has 1 unspecified atom stereocenters. The first-order valence-electron chi connectivity index (χ1n) is 4.63. The highest BCUT2D eigenvalue weighted by molar-refractivity contribution is 8.00. The average Bonchev–Trinajstić information content (AvgIpc) is 2.57. The van der Waals surface area contributed by atoms with Crippen LogP contribution in [0, 0.1) is 11.3 Å². The second-order valence-corrected chi connectivity index (χ2v) is 4.51. The Labute approximate surface area is 78.7 Å². The van der Waals surface area contributed by atoms with E-state index in [1.54, 1.807) is 0 Å². The van der Waals surface area contributed by atoms with E-state index in [4.69, 9.17) is 5.26 Å². The number of unbranched alkanes of at least 4 members (excludes halogenated alkanes) is 1. The minimum Gasteiger partial charge on any atom is -0.316 e. The molecule has 1 N–H and O–H groups in total. The van der Waals surface area contributed by atoms with E-state index in [9.17, 15) is 0 Å². The average molecular weight is 184 g/mol. The zero-order valence-corrected chi connectivity index (χ0v) is 8.20. The van der Waals surface area contributed by atoms with E-state index in [-0.39, 0.29) is 0 Å². The van der Waals surface area contributed by atoms with Crippen molar-refractivity contribution in [2.24, 2.45) is 0 Å². The lowest BCUT2D eigenvalue weighted by Crippen LogP contribution is -2.23. The number of nitrogens with one attached hydrogen (secondary N) is 1. The Morgan fingerprint density at radius 2 is 2.50 bits per heavy atom. The fraction of sp³-hybridized carbons (Fsp3) is 0.889. The Morgan fingerprint density at radius 3 is 3.17 bits per heavy atom. The first-order valence-corrected chi connectivity index (χ1v) is 5.67. The van der Waals surface area contributed by atoms with Gasteiger partial charge in [0.2, 0.25) is 0 Å². The lowest BCUT2D eigenvalue weighted by molar-refractivity contribution is 0.626. The molecule has 0 bridgehead atoms. The van der Waals surface area contributed by atoms with Gasteiger partial charge in [-0.05, 0) is 31.6 Å². The summed E-state index contributed by atoms with van der Waals surface area (Å²) in [6, 6.07) is 2.15. The number of nitrogens with zero attached hydrogens (tertiary/aromatic N) is 1. The Hall–Kier alpha value is -0.200. The molecule has 0 aromatic carbocycles. The predicted octanol–water partition coefficient (Wildman–Crippen LogP) is 1.78. The van der Waals surface area contributed by atoms with E-state index < -0.39 is 0 Å². The Morgan fingerprint density at radius 1 is 1.58 bits per heavy atom. The number of hydrogen-bond acceptors (Lipinski definition) is 3. The fourth-order valence-electron chi connectivity index (χ4n) is 1.36. The standard InChI is InChI=1S/C9H16N2S/c10-5-1-2-6-11-8-9-4-3-7-12-9/h9,11H,1-4,6-8H2. The van der Waals surface area contributed by atoms with Crippen LogP contribution in [0.1, 0.15) is 25.7 Å². The molecule has 0 aromatic rings. The van der Waals surface area contributed by atoms with Crippen molar-refractivity contribution < 1.29 is 0 Å². The summed E-state index contributed by atoms with van der Waals surface area (Å²) in [7, 11) is 0. The van der Waals surface area contributed by atoms with Crippen LogP contribution in [0.15, 0.2) is 0 Å². The lowest BCUT2D eigenvalue weighted by atomic mass is 10.2. The SMILES string of the molecule is N#CCCCNCC1CCCS1. The quantitative estimate of drug-likeness (QED) is 0.662. The summed E-state index contributed by atoms with van der Waals surface area (Å²) < 4.78 is 0. The van der Waals surface area contributed by atoms with Crippen molar-refractivity contribution in [2.75, 3.05) is 18.8 Å². The normalized spacial score (nSPS) is 22.4. The molecule has 0 saturated carbocycles. The smallest absolute Gasteiger partial charge is 0.0622 e. The molecule has 2 nitrogen and oxygen atoms in total. The van der Waals surface area contributed by atoms with Crippen molar-refractivity contribution in [1.82, 2.24) is 5.32 Å².